The summed E-state index contributed by atoms with van der Waals surface area (Å²) >= 11 is 6.96. The first-order valence-electron chi connectivity index (χ1n) is 10.0. The molecule has 0 amide bonds. The molecule has 6 nitrogen and oxygen atoms in total. The van der Waals surface area contributed by atoms with Gasteiger partial charge in [0, 0.05) is 16.7 Å². The molecular weight excluding hydrogens is 556 g/mol. The van der Waals surface area contributed by atoms with Crippen molar-refractivity contribution < 1.29 is 29.6 Å². The molecule has 0 bridgehead atoms. The molecule has 3 N–H and O–H groups in total. The molecule has 0 fully saturated rings. The molecule has 0 saturated carbocycles. The number of phenolic OH excluding ortho intramolecular Hbond substituents is 2. The average Bonchev–Trinajstić information content (AvgIpc) is 3.08. The number of ether oxygens (including phenoxy) is 1. The summed E-state index contributed by atoms with van der Waals surface area (Å²) in [5, 5.41) is 31.1. The Morgan fingerprint density at radius 2 is 1.33 bits per heavy atom. The number of fused-ring (bicyclic) bond motifs is 1. The lowest BCUT2D eigenvalue weighted by atomic mass is 9.77. The quantitative estimate of drug-likeness (QED) is 0.330. The van der Waals surface area contributed by atoms with Gasteiger partial charge in [0.25, 0.3) is 0 Å². The molecule has 3 aromatic rings. The van der Waals surface area contributed by atoms with Gasteiger partial charge < -0.3 is 20.1 Å². The van der Waals surface area contributed by atoms with Crippen molar-refractivity contribution in [2.75, 3.05) is 0 Å². The van der Waals surface area contributed by atoms with Crippen molar-refractivity contribution in [1.82, 2.24) is 0 Å². The van der Waals surface area contributed by atoms with Gasteiger partial charge in [-0.2, -0.15) is 0 Å². The van der Waals surface area contributed by atoms with Crippen LogP contribution in [0.4, 0.5) is 0 Å². The number of carbonyl (C=O) groups is 2. The van der Waals surface area contributed by atoms with Crippen LogP contribution in [0, 0.1) is 27.7 Å². The van der Waals surface area contributed by atoms with Gasteiger partial charge in [0.2, 0.25) is 0 Å². The Bertz CT molecular complexity index is 1310. The van der Waals surface area contributed by atoms with Crippen LogP contribution < -0.4 is 0 Å². The van der Waals surface area contributed by atoms with E-state index in [1.165, 1.54) is 12.1 Å². The first-order chi connectivity index (χ1) is 15.4. The lowest BCUT2D eigenvalue weighted by Crippen LogP contribution is -2.31. The molecule has 3 aromatic carbocycles. The van der Waals surface area contributed by atoms with E-state index < -0.39 is 17.5 Å². The second-order valence-corrected chi connectivity index (χ2v) is 9.78. The van der Waals surface area contributed by atoms with Crippen LogP contribution >= 0.6 is 31.9 Å². The highest BCUT2D eigenvalue weighted by atomic mass is 79.9. The highest BCUT2D eigenvalue weighted by molar-refractivity contribution is 9.11. The first kappa shape index (κ1) is 23.3. The van der Waals surface area contributed by atoms with Gasteiger partial charge in [-0.25, -0.2) is 9.59 Å². The number of halogens is 2. The first-order valence-corrected chi connectivity index (χ1v) is 11.6. The van der Waals surface area contributed by atoms with Gasteiger partial charge in [0.1, 0.15) is 11.5 Å². The molecule has 0 saturated heterocycles. The summed E-state index contributed by atoms with van der Waals surface area (Å²) in [7, 11) is 0. The normalized spacial score (nSPS) is 14.2. The van der Waals surface area contributed by atoms with E-state index in [0.717, 1.165) is 11.1 Å². The minimum atomic E-state index is -1.56. The van der Waals surface area contributed by atoms with E-state index in [2.05, 4.69) is 31.9 Å². The standard InChI is InChI=1S/C25H20Br2O6/c1-10-7-17(19(26)21(28)12(10)3)25(18-8-11(2)13(4)22(29)20(18)27)16-6-5-14(23(30)31)9-15(16)24(32)33-25/h5-9,28-29H,1-4H3,(H,30,31). The second-order valence-electron chi connectivity index (χ2n) is 8.19. The van der Waals surface area contributed by atoms with Gasteiger partial charge in [0.15, 0.2) is 5.60 Å². The fourth-order valence-electron chi connectivity index (χ4n) is 4.19. The van der Waals surface area contributed by atoms with Crippen LogP contribution in [0.3, 0.4) is 0 Å². The van der Waals surface area contributed by atoms with Crippen LogP contribution in [0.25, 0.3) is 0 Å². The van der Waals surface area contributed by atoms with E-state index in [1.54, 1.807) is 19.9 Å². The van der Waals surface area contributed by atoms with E-state index in [1.807, 2.05) is 26.0 Å². The fourth-order valence-corrected chi connectivity index (χ4v) is 5.58. The molecular formula is C25H20Br2O6. The minimum Gasteiger partial charge on any atom is -0.506 e. The number of cyclic esters (lactones) is 1. The lowest BCUT2D eigenvalue weighted by Gasteiger charge is -2.33. The number of aromatic carboxylic acids is 1. The van der Waals surface area contributed by atoms with E-state index >= 15 is 0 Å². The maximum atomic E-state index is 13.1. The highest BCUT2D eigenvalue weighted by Crippen LogP contribution is 2.54. The molecule has 0 atom stereocenters. The number of carboxylic acid groups (broad SMARTS) is 1. The number of carbonyl (C=O) groups excluding carboxylic acids is 1. The van der Waals surface area contributed by atoms with Crippen molar-refractivity contribution in [1.29, 1.82) is 0 Å². The molecule has 1 heterocycles. The number of hydrogen-bond acceptors (Lipinski definition) is 5. The Hall–Kier alpha value is -2.84. The van der Waals surface area contributed by atoms with Crippen molar-refractivity contribution in [3.8, 4) is 11.5 Å². The molecule has 0 radical (unpaired) electrons. The average molecular weight is 576 g/mol. The number of aromatic hydroxyl groups is 2. The third kappa shape index (κ3) is 3.27. The van der Waals surface area contributed by atoms with E-state index in [0.29, 0.717) is 36.8 Å². The van der Waals surface area contributed by atoms with Gasteiger partial charge in [0.05, 0.1) is 20.1 Å². The van der Waals surface area contributed by atoms with Crippen molar-refractivity contribution >= 4 is 43.8 Å². The molecule has 0 aliphatic carbocycles. The Balaban J connectivity index is 2.20. The summed E-state index contributed by atoms with van der Waals surface area (Å²) in [4.78, 5) is 24.7. The third-order valence-corrected chi connectivity index (χ3v) is 7.98. The van der Waals surface area contributed by atoms with E-state index in [4.69, 9.17) is 4.74 Å². The topological polar surface area (TPSA) is 104 Å². The van der Waals surface area contributed by atoms with Gasteiger partial charge in [-0.15, -0.1) is 0 Å². The summed E-state index contributed by atoms with van der Waals surface area (Å²) in [6.45, 7) is 7.21. The van der Waals surface area contributed by atoms with Crippen molar-refractivity contribution in [3.63, 3.8) is 0 Å². The minimum absolute atomic E-state index is 0.000193. The SMILES string of the molecule is Cc1cc(C2(c3cc(C)c(C)c(O)c3Br)OC(=O)c3cc(C(=O)O)ccc32)c(Br)c(O)c1C. The largest absolute Gasteiger partial charge is 0.506 e. The number of phenols is 2. The van der Waals surface area contributed by atoms with Crippen LogP contribution in [-0.4, -0.2) is 27.3 Å². The molecule has 8 heteroatoms. The van der Waals surface area contributed by atoms with Crippen molar-refractivity contribution in [3.05, 3.63) is 89.3 Å². The maximum Gasteiger partial charge on any atom is 0.340 e. The molecule has 0 unspecified atom stereocenters. The number of hydrogen-bond donors (Lipinski definition) is 3. The number of aryl methyl sites for hydroxylation is 2. The number of rotatable bonds is 3. The zero-order valence-electron chi connectivity index (χ0n) is 18.2. The van der Waals surface area contributed by atoms with Crippen LogP contribution in [-0.2, 0) is 10.3 Å². The summed E-state index contributed by atoms with van der Waals surface area (Å²) < 4.78 is 6.74. The van der Waals surface area contributed by atoms with Crippen LogP contribution in [0.15, 0.2) is 39.3 Å². The van der Waals surface area contributed by atoms with Gasteiger partial charge >= 0.3 is 11.9 Å². The predicted molar refractivity (Wildman–Crippen MR) is 129 cm³/mol. The van der Waals surface area contributed by atoms with Crippen LogP contribution in [0.2, 0.25) is 0 Å². The number of carboxylic acids is 1. The molecule has 4 rings (SSSR count). The summed E-state index contributed by atoms with van der Waals surface area (Å²) in [5.74, 6) is -1.87. The Morgan fingerprint density at radius 3 is 1.79 bits per heavy atom. The number of esters is 1. The van der Waals surface area contributed by atoms with E-state index in [9.17, 15) is 24.9 Å². The highest BCUT2D eigenvalue weighted by Gasteiger charge is 2.52. The second kappa shape index (κ2) is 7.88. The fraction of sp³-hybridized carbons (Fsp3) is 0.200. The molecule has 1 aliphatic heterocycles. The lowest BCUT2D eigenvalue weighted by molar-refractivity contribution is 0.0245. The maximum absolute atomic E-state index is 13.1. The monoisotopic (exact) mass is 574 g/mol. The number of benzene rings is 3. The molecule has 33 heavy (non-hydrogen) atoms. The predicted octanol–water partition coefficient (Wildman–Crippen LogP) is 6.02. The summed E-state index contributed by atoms with van der Waals surface area (Å²) in [6, 6.07) is 7.85. The zero-order chi connectivity index (χ0) is 24.4. The van der Waals surface area contributed by atoms with E-state index in [-0.39, 0.29) is 22.6 Å². The van der Waals surface area contributed by atoms with Gasteiger partial charge in [-0.05, 0) is 106 Å². The smallest absolute Gasteiger partial charge is 0.340 e. The zero-order valence-corrected chi connectivity index (χ0v) is 21.4. The van der Waals surface area contributed by atoms with Crippen LogP contribution in [0.1, 0.15) is 59.7 Å². The van der Waals surface area contributed by atoms with Crippen molar-refractivity contribution in [2.24, 2.45) is 0 Å². The van der Waals surface area contributed by atoms with Crippen LogP contribution in [0.5, 0.6) is 11.5 Å². The molecule has 0 spiro atoms. The third-order valence-electron chi connectivity index (χ3n) is 6.37. The Morgan fingerprint density at radius 1 is 0.848 bits per heavy atom. The van der Waals surface area contributed by atoms with Crippen molar-refractivity contribution in [2.45, 2.75) is 33.3 Å². The molecule has 1 aliphatic rings. The molecule has 170 valence electrons. The van der Waals surface area contributed by atoms with Gasteiger partial charge in [-0.1, -0.05) is 6.07 Å². The van der Waals surface area contributed by atoms with Gasteiger partial charge in [-0.3, -0.25) is 0 Å². The summed E-state index contributed by atoms with van der Waals surface area (Å²) in [5.41, 5.74) is 2.64. The Kier molecular flexibility index (Phi) is 5.57. The Labute approximate surface area is 207 Å². The molecule has 0 aromatic heterocycles. The summed E-state index contributed by atoms with van der Waals surface area (Å²) in [6.07, 6.45) is 0.